The second-order valence-electron chi connectivity index (χ2n) is 4.71. The molecule has 0 bridgehead atoms. The molecule has 0 spiro atoms. The van der Waals surface area contributed by atoms with Gasteiger partial charge < -0.3 is 5.32 Å². The molecule has 1 heterocycles. The molecule has 0 atom stereocenters. The highest BCUT2D eigenvalue weighted by Gasteiger charge is 2.19. The molecule has 0 aliphatic carbocycles. The highest BCUT2D eigenvalue weighted by Crippen LogP contribution is 2.25. The van der Waals surface area contributed by atoms with Gasteiger partial charge in [0.25, 0.3) is 15.9 Å². The summed E-state index contributed by atoms with van der Waals surface area (Å²) in [6, 6.07) is 6.51. The van der Waals surface area contributed by atoms with Crippen LogP contribution >= 0.6 is 11.3 Å². The number of amides is 1. The Morgan fingerprint density at radius 3 is 2.45 bits per heavy atom. The number of sulfonamides is 1. The minimum absolute atomic E-state index is 0.158. The van der Waals surface area contributed by atoms with Crippen LogP contribution in [0.15, 0.2) is 29.2 Å². The number of hydrogen-bond acceptors (Lipinski definition) is 5. The summed E-state index contributed by atoms with van der Waals surface area (Å²) in [5.41, 5.74) is 1.47. The van der Waals surface area contributed by atoms with Crippen LogP contribution in [0.25, 0.3) is 0 Å². The van der Waals surface area contributed by atoms with Gasteiger partial charge in [0.15, 0.2) is 5.13 Å². The molecule has 2 rings (SSSR count). The van der Waals surface area contributed by atoms with E-state index in [-0.39, 0.29) is 15.9 Å². The summed E-state index contributed by atoms with van der Waals surface area (Å²) in [5.74, 6) is -0.252. The van der Waals surface area contributed by atoms with E-state index >= 15 is 0 Å². The molecule has 0 aliphatic rings. The molecule has 0 radical (unpaired) electrons. The lowest BCUT2D eigenvalue weighted by molar-refractivity contribution is 0.0959. The van der Waals surface area contributed by atoms with E-state index in [1.54, 1.807) is 19.1 Å². The molecule has 1 aromatic heterocycles. The second kappa shape index (κ2) is 6.45. The smallest absolute Gasteiger partial charge is 0.263 e. The van der Waals surface area contributed by atoms with Gasteiger partial charge in [0.2, 0.25) is 0 Å². The van der Waals surface area contributed by atoms with Crippen LogP contribution in [0.5, 0.6) is 0 Å². The van der Waals surface area contributed by atoms with Crippen LogP contribution in [0.4, 0.5) is 5.13 Å². The number of benzene rings is 1. The Hall–Kier alpha value is -1.93. The quantitative estimate of drug-likeness (QED) is 0.875. The van der Waals surface area contributed by atoms with E-state index in [0.717, 1.165) is 16.9 Å². The first-order valence-corrected chi connectivity index (χ1v) is 8.98. The van der Waals surface area contributed by atoms with Crippen molar-refractivity contribution in [3.8, 4) is 0 Å². The minimum Gasteiger partial charge on any atom is -0.352 e. The number of rotatable bonds is 5. The summed E-state index contributed by atoms with van der Waals surface area (Å²) in [6.45, 7) is 5.87. The highest BCUT2D eigenvalue weighted by atomic mass is 32.2. The molecule has 118 valence electrons. The maximum atomic E-state index is 12.3. The Bertz CT molecular complexity index is 780. The zero-order valence-corrected chi connectivity index (χ0v) is 14.1. The van der Waals surface area contributed by atoms with Crippen LogP contribution in [0, 0.1) is 13.8 Å². The van der Waals surface area contributed by atoms with Crippen molar-refractivity contribution in [2.24, 2.45) is 0 Å². The van der Waals surface area contributed by atoms with Crippen molar-refractivity contribution in [1.29, 1.82) is 0 Å². The Labute approximate surface area is 133 Å². The largest absolute Gasteiger partial charge is 0.352 e. The maximum absolute atomic E-state index is 12.3. The van der Waals surface area contributed by atoms with Crippen molar-refractivity contribution < 1.29 is 13.2 Å². The van der Waals surface area contributed by atoms with Gasteiger partial charge in [0.1, 0.15) is 4.88 Å². The van der Waals surface area contributed by atoms with Gasteiger partial charge in [-0.2, -0.15) is 0 Å². The van der Waals surface area contributed by atoms with Gasteiger partial charge in [0.05, 0.1) is 10.6 Å². The molecule has 1 aromatic carbocycles. The van der Waals surface area contributed by atoms with Gasteiger partial charge in [-0.3, -0.25) is 9.52 Å². The number of thiazole rings is 1. The lowest BCUT2D eigenvalue weighted by atomic mass is 10.2. The van der Waals surface area contributed by atoms with Crippen molar-refractivity contribution >= 4 is 32.4 Å². The predicted molar refractivity (Wildman–Crippen MR) is 86.8 cm³/mol. The van der Waals surface area contributed by atoms with Gasteiger partial charge in [0, 0.05) is 6.54 Å². The molecular weight excluding hydrogens is 322 g/mol. The van der Waals surface area contributed by atoms with Crippen LogP contribution in [0.2, 0.25) is 0 Å². The molecule has 6 nitrogen and oxygen atoms in total. The van der Waals surface area contributed by atoms with Gasteiger partial charge in [-0.1, -0.05) is 29.0 Å². The Kier molecular flexibility index (Phi) is 4.82. The van der Waals surface area contributed by atoms with Gasteiger partial charge in [-0.25, -0.2) is 13.4 Å². The van der Waals surface area contributed by atoms with Crippen molar-refractivity contribution in [3.05, 3.63) is 40.4 Å². The number of aromatic nitrogens is 1. The first-order valence-electron chi connectivity index (χ1n) is 6.68. The maximum Gasteiger partial charge on any atom is 0.263 e. The van der Waals surface area contributed by atoms with Crippen LogP contribution in [-0.2, 0) is 10.0 Å². The van der Waals surface area contributed by atoms with E-state index in [1.165, 1.54) is 12.1 Å². The zero-order valence-electron chi connectivity index (χ0n) is 12.5. The molecule has 0 saturated carbocycles. The predicted octanol–water partition coefficient (Wildman–Crippen LogP) is 2.31. The molecule has 1 amide bonds. The second-order valence-corrected chi connectivity index (χ2v) is 7.39. The molecule has 22 heavy (non-hydrogen) atoms. The number of nitrogens with zero attached hydrogens (tertiary/aromatic N) is 1. The Morgan fingerprint density at radius 1 is 1.23 bits per heavy atom. The van der Waals surface area contributed by atoms with Gasteiger partial charge in [-0.05, 0) is 32.9 Å². The average Bonchev–Trinajstić information content (AvgIpc) is 2.79. The highest BCUT2D eigenvalue weighted by molar-refractivity contribution is 7.93. The molecule has 2 N–H and O–H groups in total. The summed E-state index contributed by atoms with van der Waals surface area (Å²) >= 11 is 1.02. The monoisotopic (exact) mass is 339 g/mol. The third-order valence-electron chi connectivity index (χ3n) is 2.89. The van der Waals surface area contributed by atoms with E-state index in [4.69, 9.17) is 0 Å². The number of hydrogen-bond donors (Lipinski definition) is 2. The van der Waals surface area contributed by atoms with Crippen molar-refractivity contribution in [2.45, 2.75) is 25.7 Å². The van der Waals surface area contributed by atoms with E-state index in [1.807, 2.05) is 13.8 Å². The fourth-order valence-electron chi connectivity index (χ4n) is 1.78. The standard InChI is InChI=1S/C14H17N3O3S2/c1-4-15-13(18)12-10(3)16-14(21-12)17-22(19,20)11-7-5-9(2)6-8-11/h5-8H,4H2,1-3H3,(H,15,18)(H,16,17). The first kappa shape index (κ1) is 16.4. The van der Waals surface area contributed by atoms with Crippen molar-refractivity contribution in [2.75, 3.05) is 11.3 Å². The van der Waals surface area contributed by atoms with Crippen LogP contribution in [-0.4, -0.2) is 25.9 Å². The minimum atomic E-state index is -3.71. The molecule has 0 saturated heterocycles. The van der Waals surface area contributed by atoms with Gasteiger partial charge >= 0.3 is 0 Å². The summed E-state index contributed by atoms with van der Waals surface area (Å²) < 4.78 is 27.0. The fourth-order valence-corrected chi connectivity index (χ4v) is 3.90. The zero-order chi connectivity index (χ0) is 16.3. The van der Waals surface area contributed by atoms with Crippen molar-refractivity contribution in [3.63, 3.8) is 0 Å². The van der Waals surface area contributed by atoms with E-state index in [2.05, 4.69) is 15.0 Å². The number of carbonyl (C=O) groups excluding carboxylic acids is 1. The number of nitrogens with one attached hydrogen (secondary N) is 2. The van der Waals surface area contributed by atoms with E-state index < -0.39 is 10.0 Å². The van der Waals surface area contributed by atoms with Crippen LogP contribution in [0.1, 0.15) is 27.9 Å². The SMILES string of the molecule is CCNC(=O)c1sc(NS(=O)(=O)c2ccc(C)cc2)nc1C. The van der Waals surface area contributed by atoms with Gasteiger partial charge in [-0.15, -0.1) is 0 Å². The summed E-state index contributed by atoms with van der Waals surface area (Å²) in [6.07, 6.45) is 0. The summed E-state index contributed by atoms with van der Waals surface area (Å²) in [7, 11) is -3.71. The first-order chi connectivity index (χ1) is 10.3. The molecule has 0 unspecified atom stereocenters. The summed E-state index contributed by atoms with van der Waals surface area (Å²) in [4.78, 5) is 16.5. The summed E-state index contributed by atoms with van der Waals surface area (Å²) in [5, 5.41) is 2.85. The topological polar surface area (TPSA) is 88.2 Å². The van der Waals surface area contributed by atoms with E-state index in [9.17, 15) is 13.2 Å². The van der Waals surface area contributed by atoms with Crippen molar-refractivity contribution in [1.82, 2.24) is 10.3 Å². The third kappa shape index (κ3) is 3.63. The number of aryl methyl sites for hydroxylation is 2. The van der Waals surface area contributed by atoms with Crippen LogP contribution < -0.4 is 10.0 Å². The molecule has 2 aromatic rings. The van der Waals surface area contributed by atoms with E-state index in [0.29, 0.717) is 17.1 Å². The molecule has 0 fully saturated rings. The number of anilines is 1. The fraction of sp³-hybridized carbons (Fsp3) is 0.286. The lowest BCUT2D eigenvalue weighted by Gasteiger charge is -2.05. The Morgan fingerprint density at radius 2 is 1.86 bits per heavy atom. The normalized spacial score (nSPS) is 11.2. The Balaban J connectivity index is 2.25. The van der Waals surface area contributed by atoms with Crippen LogP contribution in [0.3, 0.4) is 0 Å². The molecular formula is C14H17N3O3S2. The lowest BCUT2D eigenvalue weighted by Crippen LogP contribution is -2.22. The molecule has 8 heteroatoms. The number of carbonyl (C=O) groups is 1. The molecule has 0 aliphatic heterocycles. The average molecular weight is 339 g/mol. The third-order valence-corrected chi connectivity index (χ3v) is 5.45.